The summed E-state index contributed by atoms with van der Waals surface area (Å²) >= 11 is 0. The van der Waals surface area contributed by atoms with Gasteiger partial charge in [-0.05, 0) is 35.5 Å². The van der Waals surface area contributed by atoms with Crippen LogP contribution >= 0.6 is 0 Å². The van der Waals surface area contributed by atoms with E-state index >= 15 is 0 Å². The van der Waals surface area contributed by atoms with Gasteiger partial charge >= 0.3 is 0 Å². The van der Waals surface area contributed by atoms with Crippen molar-refractivity contribution in [1.82, 2.24) is 0 Å². The van der Waals surface area contributed by atoms with E-state index in [1.165, 1.54) is 11.1 Å². The Morgan fingerprint density at radius 3 is 2.67 bits per heavy atom. The summed E-state index contributed by atoms with van der Waals surface area (Å²) in [7, 11) is 0. The third-order valence-corrected chi connectivity index (χ3v) is 4.62. The molecular formula is C17H18O. The van der Waals surface area contributed by atoms with Crippen molar-refractivity contribution < 1.29 is 4.79 Å². The first-order chi connectivity index (χ1) is 8.55. The fourth-order valence-corrected chi connectivity index (χ4v) is 3.21. The Morgan fingerprint density at radius 2 is 1.89 bits per heavy atom. The molecule has 0 saturated carbocycles. The van der Waals surface area contributed by atoms with Gasteiger partial charge in [-0.25, -0.2) is 0 Å². The molecule has 92 valence electrons. The highest BCUT2D eigenvalue weighted by molar-refractivity contribution is 5.99. The van der Waals surface area contributed by atoms with Gasteiger partial charge in [-0.15, -0.1) is 0 Å². The second-order valence-corrected chi connectivity index (χ2v) is 6.03. The minimum atomic E-state index is -0.351. The molecule has 0 aromatic heterocycles. The van der Waals surface area contributed by atoms with Crippen molar-refractivity contribution in [2.45, 2.75) is 26.7 Å². The summed E-state index contributed by atoms with van der Waals surface area (Å²) in [5.74, 6) is 0.254. The zero-order chi connectivity index (χ0) is 12.8. The molecule has 0 bridgehead atoms. The molecule has 1 aromatic rings. The molecule has 0 amide bonds. The lowest BCUT2D eigenvalue weighted by atomic mass is 9.55. The first kappa shape index (κ1) is 11.5. The van der Waals surface area contributed by atoms with E-state index in [0.29, 0.717) is 0 Å². The van der Waals surface area contributed by atoms with Crippen molar-refractivity contribution in [3.63, 3.8) is 0 Å². The molecule has 0 heterocycles. The van der Waals surface area contributed by atoms with Crippen LogP contribution < -0.4 is 0 Å². The summed E-state index contributed by atoms with van der Waals surface area (Å²) in [6.45, 7) is 4.40. The zero-order valence-corrected chi connectivity index (χ0v) is 10.9. The molecule has 2 aliphatic rings. The summed E-state index contributed by atoms with van der Waals surface area (Å²) in [4.78, 5) is 12.5. The van der Waals surface area contributed by atoms with Gasteiger partial charge in [0.1, 0.15) is 0 Å². The topological polar surface area (TPSA) is 17.1 Å². The van der Waals surface area contributed by atoms with Gasteiger partial charge in [0.25, 0.3) is 0 Å². The minimum Gasteiger partial charge on any atom is -0.294 e. The van der Waals surface area contributed by atoms with E-state index in [-0.39, 0.29) is 16.6 Å². The maximum Gasteiger partial charge on any atom is 0.166 e. The molecule has 1 spiro atoms. The Balaban J connectivity index is 2.14. The monoisotopic (exact) mass is 238 g/mol. The second kappa shape index (κ2) is 3.68. The molecule has 0 saturated heterocycles. The number of rotatable bonds is 0. The summed E-state index contributed by atoms with van der Waals surface area (Å²) in [6, 6.07) is 8.37. The van der Waals surface area contributed by atoms with E-state index < -0.39 is 0 Å². The van der Waals surface area contributed by atoms with Crippen LogP contribution in [0.1, 0.15) is 31.4 Å². The number of allylic oxidation sites excluding steroid dienone is 3. The molecule has 2 aliphatic carbocycles. The highest BCUT2D eigenvalue weighted by Crippen LogP contribution is 2.51. The lowest BCUT2D eigenvalue weighted by Gasteiger charge is -2.46. The van der Waals surface area contributed by atoms with Crippen molar-refractivity contribution in [3.05, 3.63) is 53.6 Å². The van der Waals surface area contributed by atoms with Crippen molar-refractivity contribution in [1.29, 1.82) is 0 Å². The molecule has 1 atom stereocenters. The Labute approximate surface area is 108 Å². The molecule has 1 nitrogen and oxygen atoms in total. The molecule has 1 heteroatoms. The van der Waals surface area contributed by atoms with E-state index in [1.807, 2.05) is 6.08 Å². The Bertz CT molecular complexity index is 563. The molecule has 3 rings (SSSR count). The van der Waals surface area contributed by atoms with Gasteiger partial charge in [0.05, 0.1) is 5.41 Å². The van der Waals surface area contributed by atoms with Crippen molar-refractivity contribution in [2.24, 2.45) is 10.8 Å². The van der Waals surface area contributed by atoms with Crippen LogP contribution in [-0.2, 0) is 11.2 Å². The highest BCUT2D eigenvalue weighted by atomic mass is 16.1. The molecular weight excluding hydrogens is 220 g/mol. The third-order valence-electron chi connectivity index (χ3n) is 4.62. The van der Waals surface area contributed by atoms with Gasteiger partial charge in [0.15, 0.2) is 5.78 Å². The maximum atomic E-state index is 12.5. The first-order valence-corrected chi connectivity index (χ1v) is 6.53. The summed E-state index contributed by atoms with van der Waals surface area (Å²) in [5.41, 5.74) is 2.18. The average Bonchev–Trinajstić information content (AvgIpc) is 2.36. The fourth-order valence-electron chi connectivity index (χ4n) is 3.21. The van der Waals surface area contributed by atoms with Gasteiger partial charge in [-0.1, -0.05) is 56.3 Å². The smallest absolute Gasteiger partial charge is 0.166 e. The third kappa shape index (κ3) is 1.43. The molecule has 0 N–H and O–H groups in total. The number of carbonyl (C=O) groups is 1. The summed E-state index contributed by atoms with van der Waals surface area (Å²) in [5, 5.41) is 0. The van der Waals surface area contributed by atoms with Gasteiger partial charge in [0.2, 0.25) is 0 Å². The van der Waals surface area contributed by atoms with Crippen molar-refractivity contribution in [2.75, 3.05) is 0 Å². The van der Waals surface area contributed by atoms with Gasteiger partial charge in [-0.2, -0.15) is 0 Å². The van der Waals surface area contributed by atoms with Gasteiger partial charge < -0.3 is 0 Å². The van der Waals surface area contributed by atoms with E-state index in [2.05, 4.69) is 50.3 Å². The average molecular weight is 238 g/mol. The predicted molar refractivity (Wildman–Crippen MR) is 74.2 cm³/mol. The minimum absolute atomic E-state index is 0.0110. The normalized spacial score (nSPS) is 28.4. The van der Waals surface area contributed by atoms with E-state index in [4.69, 9.17) is 0 Å². The molecule has 0 fully saturated rings. The highest BCUT2D eigenvalue weighted by Gasteiger charge is 2.50. The van der Waals surface area contributed by atoms with Gasteiger partial charge in [-0.3, -0.25) is 4.79 Å². The van der Waals surface area contributed by atoms with E-state index in [9.17, 15) is 4.79 Å². The summed E-state index contributed by atoms with van der Waals surface area (Å²) in [6.07, 6.45) is 9.84. The standard InChI is InChI=1S/C17H18O/c1-16(2)10-5-8-15(18)17(16)11-9-13-6-3-4-7-14(13)12-17/h3-9,11H,10,12H2,1-2H3/t17-/m0/s1. The van der Waals surface area contributed by atoms with Crippen molar-refractivity contribution >= 4 is 11.9 Å². The number of hydrogen-bond donors (Lipinski definition) is 0. The lowest BCUT2D eigenvalue weighted by molar-refractivity contribution is -0.127. The fraction of sp³-hybridized carbons (Fsp3) is 0.353. The molecule has 1 aromatic carbocycles. The van der Waals surface area contributed by atoms with Gasteiger partial charge in [0, 0.05) is 0 Å². The number of fused-ring (bicyclic) bond motifs is 1. The molecule has 0 unspecified atom stereocenters. The largest absolute Gasteiger partial charge is 0.294 e. The van der Waals surface area contributed by atoms with Crippen LogP contribution in [0.25, 0.3) is 6.08 Å². The van der Waals surface area contributed by atoms with E-state index in [0.717, 1.165) is 12.8 Å². The molecule has 0 aliphatic heterocycles. The SMILES string of the molecule is CC1(C)CC=CC(=O)[C@@]12C=Cc1ccccc1C2. The molecule has 0 radical (unpaired) electrons. The number of hydrogen-bond acceptors (Lipinski definition) is 1. The van der Waals surface area contributed by atoms with Crippen molar-refractivity contribution in [3.8, 4) is 0 Å². The number of ketones is 1. The quantitative estimate of drug-likeness (QED) is 0.672. The maximum absolute atomic E-state index is 12.5. The number of benzene rings is 1. The van der Waals surface area contributed by atoms with Crippen LogP contribution in [-0.4, -0.2) is 5.78 Å². The van der Waals surface area contributed by atoms with Crippen LogP contribution in [0, 0.1) is 10.8 Å². The molecule has 18 heavy (non-hydrogen) atoms. The number of carbonyl (C=O) groups excluding carboxylic acids is 1. The van der Waals surface area contributed by atoms with Crippen LogP contribution in [0.3, 0.4) is 0 Å². The van der Waals surface area contributed by atoms with Crippen LogP contribution in [0.5, 0.6) is 0 Å². The first-order valence-electron chi connectivity index (χ1n) is 6.53. The lowest BCUT2D eigenvalue weighted by Crippen LogP contribution is -2.46. The summed E-state index contributed by atoms with van der Waals surface area (Å²) < 4.78 is 0. The van der Waals surface area contributed by atoms with Crippen LogP contribution in [0.4, 0.5) is 0 Å². The predicted octanol–water partition coefficient (Wildman–Crippen LogP) is 3.80. The van der Waals surface area contributed by atoms with E-state index in [1.54, 1.807) is 6.08 Å². The Hall–Kier alpha value is -1.63. The zero-order valence-electron chi connectivity index (χ0n) is 10.9. The van der Waals surface area contributed by atoms with Crippen LogP contribution in [0.15, 0.2) is 42.5 Å². The second-order valence-electron chi connectivity index (χ2n) is 6.03. The Kier molecular flexibility index (Phi) is 2.34. The van der Waals surface area contributed by atoms with Crippen LogP contribution in [0.2, 0.25) is 0 Å². The Morgan fingerprint density at radius 1 is 1.11 bits per heavy atom.